The summed E-state index contributed by atoms with van der Waals surface area (Å²) in [6.45, 7) is 2.72. The minimum absolute atomic E-state index is 0.391. The molecule has 4 aromatic rings. The first kappa shape index (κ1) is 16.4. The molecule has 5 heterocycles. The third-order valence-electron chi connectivity index (χ3n) is 5.12. The molecule has 0 radical (unpaired) electrons. The van der Waals surface area contributed by atoms with Gasteiger partial charge in [0.1, 0.15) is 18.0 Å². The molecule has 0 aromatic carbocycles. The quantitative estimate of drug-likeness (QED) is 0.543. The Kier molecular flexibility index (Phi) is 4.29. The molecule has 6 nitrogen and oxygen atoms in total. The Morgan fingerprint density at radius 1 is 1.07 bits per heavy atom. The zero-order valence-corrected chi connectivity index (χ0v) is 15.7. The minimum Gasteiger partial charge on any atom is -0.355 e. The summed E-state index contributed by atoms with van der Waals surface area (Å²) in [6, 6.07) is 8.10. The molecule has 1 aliphatic heterocycles. The van der Waals surface area contributed by atoms with E-state index in [9.17, 15) is 0 Å². The molecule has 0 amide bonds. The molecule has 5 rings (SSSR count). The normalized spacial score (nSPS) is 17.5. The fourth-order valence-corrected chi connectivity index (χ4v) is 4.72. The number of pyridine rings is 1. The summed E-state index contributed by atoms with van der Waals surface area (Å²) in [7, 11) is 0. The molecule has 0 aliphatic carbocycles. The van der Waals surface area contributed by atoms with Gasteiger partial charge in [-0.1, -0.05) is 6.07 Å². The van der Waals surface area contributed by atoms with Crippen LogP contribution in [0.4, 0.5) is 5.82 Å². The van der Waals surface area contributed by atoms with Gasteiger partial charge < -0.3 is 9.47 Å². The topological polar surface area (TPSA) is 59.7 Å². The Bertz CT molecular complexity index is 1040. The van der Waals surface area contributed by atoms with Gasteiger partial charge in [-0.05, 0) is 36.4 Å². The third-order valence-corrected chi connectivity index (χ3v) is 6.02. The summed E-state index contributed by atoms with van der Waals surface area (Å²) in [5.41, 5.74) is 2.09. The van der Waals surface area contributed by atoms with Crippen molar-refractivity contribution in [2.75, 3.05) is 18.0 Å². The Balaban J connectivity index is 1.41. The average molecular weight is 376 g/mol. The molecule has 136 valence electrons. The molecular weight excluding hydrogens is 356 g/mol. The van der Waals surface area contributed by atoms with Crippen LogP contribution in [-0.2, 0) is 6.54 Å². The fraction of sp³-hybridized carbons (Fsp3) is 0.300. The Morgan fingerprint density at radius 3 is 3.00 bits per heavy atom. The molecular formula is C20H20N6S. The first-order chi connectivity index (χ1) is 13.4. The van der Waals surface area contributed by atoms with Gasteiger partial charge in [0.25, 0.3) is 0 Å². The van der Waals surface area contributed by atoms with Gasteiger partial charge in [0, 0.05) is 37.6 Å². The molecule has 0 spiro atoms. The highest BCUT2D eigenvalue weighted by molar-refractivity contribution is 7.17. The van der Waals surface area contributed by atoms with Crippen LogP contribution >= 0.6 is 11.3 Å². The maximum atomic E-state index is 4.69. The number of nitrogens with zero attached hydrogens (tertiary/aromatic N) is 6. The molecule has 7 heteroatoms. The number of rotatable bonds is 4. The van der Waals surface area contributed by atoms with E-state index in [0.717, 1.165) is 55.3 Å². The largest absolute Gasteiger partial charge is 0.355 e. The van der Waals surface area contributed by atoms with E-state index < -0.39 is 0 Å². The molecule has 4 aromatic heterocycles. The molecule has 0 saturated carbocycles. The van der Waals surface area contributed by atoms with E-state index in [-0.39, 0.29) is 0 Å². The molecule has 1 aliphatic rings. The predicted octanol–water partition coefficient (Wildman–Crippen LogP) is 3.72. The number of imidazole rings is 1. The van der Waals surface area contributed by atoms with Gasteiger partial charge in [-0.25, -0.2) is 15.0 Å². The second-order valence-corrected chi connectivity index (χ2v) is 7.77. The lowest BCUT2D eigenvalue weighted by Crippen LogP contribution is -2.36. The van der Waals surface area contributed by atoms with Gasteiger partial charge in [0.2, 0.25) is 0 Å². The zero-order chi connectivity index (χ0) is 18.1. The number of hydrogen-bond donors (Lipinski definition) is 0. The van der Waals surface area contributed by atoms with Crippen molar-refractivity contribution in [2.24, 2.45) is 0 Å². The van der Waals surface area contributed by atoms with Gasteiger partial charge in [0.15, 0.2) is 0 Å². The highest BCUT2D eigenvalue weighted by Crippen LogP contribution is 2.33. The molecule has 27 heavy (non-hydrogen) atoms. The monoisotopic (exact) mass is 376 g/mol. The van der Waals surface area contributed by atoms with Crippen LogP contribution in [0.15, 0.2) is 54.6 Å². The summed E-state index contributed by atoms with van der Waals surface area (Å²) in [6.07, 6.45) is 9.77. The number of thiophene rings is 1. The van der Waals surface area contributed by atoms with E-state index in [1.54, 1.807) is 17.7 Å². The van der Waals surface area contributed by atoms with Crippen LogP contribution in [0.1, 0.15) is 30.3 Å². The number of anilines is 1. The fourth-order valence-electron chi connectivity index (χ4n) is 3.86. The minimum atomic E-state index is 0.391. The van der Waals surface area contributed by atoms with Gasteiger partial charge in [-0.3, -0.25) is 4.98 Å². The SMILES string of the molecule is c1ccc(Cn2ccnc2[C@@H]2CCCN(c3ncnc4ccsc34)C2)nc1. The van der Waals surface area contributed by atoms with Crippen molar-refractivity contribution in [1.82, 2.24) is 24.5 Å². The van der Waals surface area contributed by atoms with Gasteiger partial charge in [-0.2, -0.15) is 0 Å². The molecule has 1 saturated heterocycles. The summed E-state index contributed by atoms with van der Waals surface area (Å²) in [4.78, 5) is 20.5. The van der Waals surface area contributed by atoms with Crippen molar-refractivity contribution in [1.29, 1.82) is 0 Å². The molecule has 1 atom stereocenters. The van der Waals surface area contributed by atoms with E-state index in [1.807, 2.05) is 24.5 Å². The lowest BCUT2D eigenvalue weighted by Gasteiger charge is -2.33. The van der Waals surface area contributed by atoms with Gasteiger partial charge >= 0.3 is 0 Å². The number of aromatic nitrogens is 5. The number of piperidine rings is 1. The third kappa shape index (κ3) is 3.19. The van der Waals surface area contributed by atoms with Crippen LogP contribution in [0.2, 0.25) is 0 Å². The van der Waals surface area contributed by atoms with E-state index in [1.165, 1.54) is 4.70 Å². The van der Waals surface area contributed by atoms with Crippen LogP contribution in [0.5, 0.6) is 0 Å². The van der Waals surface area contributed by atoms with Crippen molar-refractivity contribution in [3.8, 4) is 0 Å². The molecule has 0 N–H and O–H groups in total. The van der Waals surface area contributed by atoms with E-state index in [4.69, 9.17) is 4.98 Å². The van der Waals surface area contributed by atoms with Crippen LogP contribution in [0, 0.1) is 0 Å². The number of fused-ring (bicyclic) bond motifs is 1. The lowest BCUT2D eigenvalue weighted by atomic mass is 9.97. The standard InChI is InChI=1S/C20H20N6S/c1-2-7-21-16(5-1)13-26-10-8-22-19(26)15-4-3-9-25(12-15)20-18-17(6-11-27-18)23-14-24-20/h1-2,5-8,10-11,14-15H,3-4,9,12-13H2/t15-/m1/s1. The van der Waals surface area contributed by atoms with Crippen LogP contribution in [0.3, 0.4) is 0 Å². The second kappa shape index (κ2) is 7.08. The highest BCUT2D eigenvalue weighted by Gasteiger charge is 2.26. The lowest BCUT2D eigenvalue weighted by molar-refractivity contribution is 0.474. The van der Waals surface area contributed by atoms with Crippen molar-refractivity contribution in [3.05, 3.63) is 66.1 Å². The summed E-state index contributed by atoms with van der Waals surface area (Å²) < 4.78 is 3.41. The first-order valence-corrected chi connectivity index (χ1v) is 10.1. The second-order valence-electron chi connectivity index (χ2n) is 6.85. The van der Waals surface area contributed by atoms with Gasteiger partial charge in [-0.15, -0.1) is 11.3 Å². The van der Waals surface area contributed by atoms with E-state index in [0.29, 0.717) is 5.92 Å². The highest BCUT2D eigenvalue weighted by atomic mass is 32.1. The predicted molar refractivity (Wildman–Crippen MR) is 107 cm³/mol. The Hall–Kier alpha value is -2.80. The van der Waals surface area contributed by atoms with E-state index >= 15 is 0 Å². The Morgan fingerprint density at radius 2 is 2.07 bits per heavy atom. The van der Waals surface area contributed by atoms with Crippen molar-refractivity contribution >= 4 is 27.4 Å². The summed E-state index contributed by atoms with van der Waals surface area (Å²) in [5.74, 6) is 2.59. The van der Waals surface area contributed by atoms with Crippen molar-refractivity contribution in [2.45, 2.75) is 25.3 Å². The zero-order valence-electron chi connectivity index (χ0n) is 14.9. The summed E-state index contributed by atoms with van der Waals surface area (Å²) in [5, 5.41) is 2.09. The van der Waals surface area contributed by atoms with Crippen LogP contribution in [-0.4, -0.2) is 37.6 Å². The molecule has 1 fully saturated rings. The van der Waals surface area contributed by atoms with Crippen molar-refractivity contribution < 1.29 is 0 Å². The Labute approximate surface area is 161 Å². The first-order valence-electron chi connectivity index (χ1n) is 9.22. The maximum Gasteiger partial charge on any atom is 0.150 e. The average Bonchev–Trinajstić information content (AvgIpc) is 3.38. The maximum absolute atomic E-state index is 4.69. The van der Waals surface area contributed by atoms with Gasteiger partial charge in [0.05, 0.1) is 22.5 Å². The molecule has 0 bridgehead atoms. The van der Waals surface area contributed by atoms with E-state index in [2.05, 4.69) is 48.1 Å². The van der Waals surface area contributed by atoms with Crippen molar-refractivity contribution in [3.63, 3.8) is 0 Å². The number of hydrogen-bond acceptors (Lipinski definition) is 6. The van der Waals surface area contributed by atoms with Crippen LogP contribution in [0.25, 0.3) is 10.2 Å². The smallest absolute Gasteiger partial charge is 0.150 e. The summed E-state index contributed by atoms with van der Waals surface area (Å²) >= 11 is 1.72. The van der Waals surface area contributed by atoms with Crippen LogP contribution < -0.4 is 4.90 Å². The molecule has 0 unspecified atom stereocenters.